The minimum Gasteiger partial charge on any atom is -0.279 e. The first-order valence-corrected chi connectivity index (χ1v) is 3.92. The van der Waals surface area contributed by atoms with Gasteiger partial charge in [0.15, 0.2) is 0 Å². The normalized spacial score (nSPS) is 13.1. The molecule has 0 radical (unpaired) electrons. The highest BCUT2D eigenvalue weighted by molar-refractivity contribution is 4.92. The molecule has 0 spiro atoms. The summed E-state index contributed by atoms with van der Waals surface area (Å²) in [5.74, 6) is 2.22. The van der Waals surface area contributed by atoms with Gasteiger partial charge in [0, 0.05) is 5.54 Å². The summed E-state index contributed by atoms with van der Waals surface area (Å²) in [7, 11) is 0. The number of hydrogen-bond acceptors (Lipinski definition) is 1. The fourth-order valence-electron chi connectivity index (χ4n) is 0.857. The maximum atomic E-state index is 12.0. The fraction of sp³-hybridized carbons (Fsp3) is 0.778. The molecule has 0 fully saturated rings. The second-order valence-corrected chi connectivity index (χ2v) is 3.85. The Bertz CT molecular complexity index is 194. The van der Waals surface area contributed by atoms with Crippen molar-refractivity contribution in [2.24, 2.45) is 0 Å². The van der Waals surface area contributed by atoms with Crippen LogP contribution >= 0.6 is 0 Å². The summed E-state index contributed by atoms with van der Waals surface area (Å²) < 4.78 is 36.1. The van der Waals surface area contributed by atoms with Crippen molar-refractivity contribution >= 4 is 0 Å². The van der Waals surface area contributed by atoms with Crippen LogP contribution in [-0.2, 0) is 0 Å². The summed E-state index contributed by atoms with van der Waals surface area (Å²) >= 11 is 0. The number of terminal acetylenes is 1. The summed E-state index contributed by atoms with van der Waals surface area (Å²) in [5, 5.41) is 0. The Balaban J connectivity index is 4.38. The van der Waals surface area contributed by atoms with Crippen molar-refractivity contribution in [1.29, 1.82) is 0 Å². The Kier molecular flexibility index (Phi) is 3.80. The Labute approximate surface area is 76.9 Å². The van der Waals surface area contributed by atoms with Gasteiger partial charge in [0.1, 0.15) is 0 Å². The zero-order valence-electron chi connectivity index (χ0n) is 8.07. The molecule has 13 heavy (non-hydrogen) atoms. The van der Waals surface area contributed by atoms with E-state index in [1.807, 2.05) is 0 Å². The lowest BCUT2D eigenvalue weighted by Crippen LogP contribution is -2.46. The molecule has 0 aromatic carbocycles. The Morgan fingerprint density at radius 3 is 1.92 bits per heavy atom. The molecule has 0 atom stereocenters. The second kappa shape index (κ2) is 4.01. The van der Waals surface area contributed by atoms with Crippen LogP contribution in [0.25, 0.3) is 0 Å². The molecule has 0 saturated heterocycles. The molecule has 0 rings (SSSR count). The highest BCUT2D eigenvalue weighted by Crippen LogP contribution is 2.21. The van der Waals surface area contributed by atoms with Crippen LogP contribution in [0.1, 0.15) is 20.8 Å². The summed E-state index contributed by atoms with van der Waals surface area (Å²) in [6.07, 6.45) is 0.796. The number of nitrogens with zero attached hydrogens (tertiary/aromatic N) is 1. The first-order valence-electron chi connectivity index (χ1n) is 3.92. The average molecular weight is 193 g/mol. The summed E-state index contributed by atoms with van der Waals surface area (Å²) in [4.78, 5) is 1.22. The molecule has 76 valence electrons. The lowest BCUT2D eigenvalue weighted by atomic mass is 10.1. The van der Waals surface area contributed by atoms with Gasteiger partial charge in [0.25, 0.3) is 0 Å². The third kappa shape index (κ3) is 5.53. The maximum absolute atomic E-state index is 12.0. The van der Waals surface area contributed by atoms with Gasteiger partial charge >= 0.3 is 6.18 Å². The van der Waals surface area contributed by atoms with Crippen molar-refractivity contribution in [3.05, 3.63) is 0 Å². The molecule has 0 aliphatic carbocycles. The standard InChI is InChI=1S/C9H14F3N/c1-5-6-13(8(2,3)4)7-9(10,11)12/h1H,6-7H2,2-4H3. The highest BCUT2D eigenvalue weighted by Gasteiger charge is 2.34. The highest BCUT2D eigenvalue weighted by atomic mass is 19.4. The van der Waals surface area contributed by atoms with Gasteiger partial charge in [-0.2, -0.15) is 13.2 Å². The first-order chi connectivity index (χ1) is 5.67. The van der Waals surface area contributed by atoms with E-state index in [9.17, 15) is 13.2 Å². The van der Waals surface area contributed by atoms with Crippen LogP contribution in [-0.4, -0.2) is 29.7 Å². The van der Waals surface area contributed by atoms with Gasteiger partial charge in [-0.3, -0.25) is 4.90 Å². The van der Waals surface area contributed by atoms with E-state index in [1.54, 1.807) is 20.8 Å². The van der Waals surface area contributed by atoms with Crippen molar-refractivity contribution in [1.82, 2.24) is 4.90 Å². The first kappa shape index (κ1) is 12.3. The van der Waals surface area contributed by atoms with Crippen molar-refractivity contribution in [3.8, 4) is 12.3 Å². The molecule has 0 amide bonds. The Morgan fingerprint density at radius 1 is 1.23 bits per heavy atom. The molecular formula is C9H14F3N. The molecule has 0 aliphatic rings. The van der Waals surface area contributed by atoms with Gasteiger partial charge in [0.05, 0.1) is 13.1 Å². The lowest BCUT2D eigenvalue weighted by molar-refractivity contribution is -0.154. The third-order valence-electron chi connectivity index (χ3n) is 1.60. The van der Waals surface area contributed by atoms with Crippen LogP contribution in [0.2, 0.25) is 0 Å². The molecule has 1 nitrogen and oxygen atoms in total. The van der Waals surface area contributed by atoms with E-state index in [0.29, 0.717) is 0 Å². The summed E-state index contributed by atoms with van der Waals surface area (Å²) in [6, 6.07) is 0. The Morgan fingerprint density at radius 2 is 1.69 bits per heavy atom. The van der Waals surface area contributed by atoms with Crippen molar-refractivity contribution in [2.75, 3.05) is 13.1 Å². The molecule has 0 bridgehead atoms. The fourth-order valence-corrected chi connectivity index (χ4v) is 0.857. The summed E-state index contributed by atoms with van der Waals surface area (Å²) in [6.45, 7) is 4.17. The van der Waals surface area contributed by atoms with E-state index in [1.165, 1.54) is 4.90 Å². The van der Waals surface area contributed by atoms with Crippen LogP contribution < -0.4 is 0 Å². The molecular weight excluding hydrogens is 179 g/mol. The second-order valence-electron chi connectivity index (χ2n) is 3.85. The van der Waals surface area contributed by atoms with E-state index in [-0.39, 0.29) is 6.54 Å². The van der Waals surface area contributed by atoms with Gasteiger partial charge in [-0.1, -0.05) is 5.92 Å². The van der Waals surface area contributed by atoms with E-state index in [4.69, 9.17) is 6.42 Å². The zero-order chi connectivity index (χ0) is 10.7. The SMILES string of the molecule is C#CCN(CC(F)(F)F)C(C)(C)C. The van der Waals surface area contributed by atoms with E-state index in [0.717, 1.165) is 0 Å². The number of rotatable bonds is 2. The third-order valence-corrected chi connectivity index (χ3v) is 1.60. The molecule has 0 aromatic rings. The maximum Gasteiger partial charge on any atom is 0.401 e. The van der Waals surface area contributed by atoms with Crippen LogP contribution in [0.5, 0.6) is 0 Å². The molecule has 0 unspecified atom stereocenters. The minimum atomic E-state index is -4.19. The molecule has 0 N–H and O–H groups in total. The van der Waals surface area contributed by atoms with Crippen LogP contribution in [0.4, 0.5) is 13.2 Å². The van der Waals surface area contributed by atoms with Crippen molar-refractivity contribution in [3.63, 3.8) is 0 Å². The number of hydrogen-bond donors (Lipinski definition) is 0. The smallest absolute Gasteiger partial charge is 0.279 e. The zero-order valence-corrected chi connectivity index (χ0v) is 8.07. The van der Waals surface area contributed by atoms with Gasteiger partial charge in [-0.15, -0.1) is 6.42 Å². The minimum absolute atomic E-state index is 0.0169. The van der Waals surface area contributed by atoms with Crippen LogP contribution in [0.3, 0.4) is 0 Å². The van der Waals surface area contributed by atoms with Gasteiger partial charge in [-0.05, 0) is 20.8 Å². The quantitative estimate of drug-likeness (QED) is 0.608. The van der Waals surface area contributed by atoms with Crippen molar-refractivity contribution in [2.45, 2.75) is 32.5 Å². The molecule has 0 aromatic heterocycles. The lowest BCUT2D eigenvalue weighted by Gasteiger charge is -2.34. The van der Waals surface area contributed by atoms with Crippen LogP contribution in [0.15, 0.2) is 0 Å². The van der Waals surface area contributed by atoms with Crippen molar-refractivity contribution < 1.29 is 13.2 Å². The molecule has 0 saturated carbocycles. The number of halogens is 3. The Hall–Kier alpha value is -0.690. The van der Waals surface area contributed by atoms with Crippen LogP contribution in [0, 0.1) is 12.3 Å². The van der Waals surface area contributed by atoms with E-state index in [2.05, 4.69) is 5.92 Å². The van der Waals surface area contributed by atoms with Gasteiger partial charge in [0.2, 0.25) is 0 Å². The molecule has 0 aliphatic heterocycles. The van der Waals surface area contributed by atoms with Gasteiger partial charge < -0.3 is 0 Å². The largest absolute Gasteiger partial charge is 0.401 e. The number of alkyl halides is 3. The van der Waals surface area contributed by atoms with Gasteiger partial charge in [-0.25, -0.2) is 0 Å². The molecule has 0 heterocycles. The summed E-state index contributed by atoms with van der Waals surface area (Å²) in [5.41, 5.74) is -0.554. The molecule has 4 heteroatoms. The predicted octanol–water partition coefficient (Wildman–Crippen LogP) is 2.28. The van der Waals surface area contributed by atoms with E-state index < -0.39 is 18.3 Å². The topological polar surface area (TPSA) is 3.24 Å². The predicted molar refractivity (Wildman–Crippen MR) is 46.2 cm³/mol. The average Bonchev–Trinajstić information content (AvgIpc) is 1.81. The van der Waals surface area contributed by atoms with E-state index >= 15 is 0 Å². The monoisotopic (exact) mass is 193 g/mol.